The lowest BCUT2D eigenvalue weighted by atomic mass is 10.1. The van der Waals surface area contributed by atoms with Gasteiger partial charge in [-0.3, -0.25) is 24.0 Å². The van der Waals surface area contributed by atoms with Gasteiger partial charge >= 0.3 is 0 Å². The maximum Gasteiger partial charge on any atom is 0.271 e. The number of benzene rings is 2. The summed E-state index contributed by atoms with van der Waals surface area (Å²) in [5.41, 5.74) is 0.314. The van der Waals surface area contributed by atoms with Crippen LogP contribution < -0.4 is 14.4 Å². The lowest BCUT2D eigenvalue weighted by Gasteiger charge is -2.31. The van der Waals surface area contributed by atoms with Gasteiger partial charge in [-0.05, 0) is 30.7 Å². The summed E-state index contributed by atoms with van der Waals surface area (Å²) in [5, 5.41) is 13.6. The van der Waals surface area contributed by atoms with Gasteiger partial charge in [-0.1, -0.05) is 18.2 Å². The van der Waals surface area contributed by atoms with Crippen molar-refractivity contribution in [2.45, 2.75) is 19.5 Å². The van der Waals surface area contributed by atoms with Crippen molar-refractivity contribution >= 4 is 33.2 Å². The number of methoxy groups -OCH3 is 1. The highest BCUT2D eigenvalue weighted by Crippen LogP contribution is 2.24. The molecule has 1 atom stereocenters. The molecule has 0 saturated heterocycles. The van der Waals surface area contributed by atoms with E-state index in [4.69, 9.17) is 4.74 Å². The van der Waals surface area contributed by atoms with Crippen LogP contribution in [0.4, 0.5) is 11.4 Å². The number of likely N-dealkylation sites (N-methyl/N-ethyl adjacent to an activating group) is 1. The predicted molar refractivity (Wildman–Crippen MR) is 122 cm³/mol. The molecule has 0 radical (unpaired) electrons. The maximum absolute atomic E-state index is 13.3. The van der Waals surface area contributed by atoms with Gasteiger partial charge in [0, 0.05) is 25.7 Å². The van der Waals surface area contributed by atoms with Crippen molar-refractivity contribution in [2.24, 2.45) is 0 Å². The standard InChI is InChI=1S/C21H26N4O7S/c1-15(21(27)22-2)23(13-16-7-5-10-19(11-16)32-3)20(26)14-24(33(4,30)31)17-8-6-9-18(12-17)25(28)29/h5-12,15H,13-14H2,1-4H3,(H,22,27)/t15-/m0/s1. The van der Waals surface area contributed by atoms with E-state index in [-0.39, 0.29) is 17.9 Å². The molecule has 0 aliphatic carbocycles. The van der Waals surface area contributed by atoms with Crippen molar-refractivity contribution in [1.29, 1.82) is 0 Å². The number of anilines is 1. The third kappa shape index (κ3) is 6.65. The second-order valence-electron chi connectivity index (χ2n) is 7.21. The van der Waals surface area contributed by atoms with Gasteiger partial charge in [0.25, 0.3) is 5.69 Å². The van der Waals surface area contributed by atoms with Crippen LogP contribution in [-0.4, -0.2) is 63.1 Å². The van der Waals surface area contributed by atoms with E-state index in [0.29, 0.717) is 11.3 Å². The molecule has 0 spiro atoms. The number of ether oxygens (including phenoxy) is 1. The van der Waals surface area contributed by atoms with Crippen molar-refractivity contribution in [1.82, 2.24) is 10.2 Å². The van der Waals surface area contributed by atoms with E-state index < -0.39 is 39.3 Å². The molecule has 0 bridgehead atoms. The number of amides is 2. The lowest BCUT2D eigenvalue weighted by molar-refractivity contribution is -0.384. The first-order valence-electron chi connectivity index (χ1n) is 9.84. The fourth-order valence-corrected chi connectivity index (χ4v) is 3.98. The largest absolute Gasteiger partial charge is 0.497 e. The van der Waals surface area contributed by atoms with Crippen LogP contribution in [0.25, 0.3) is 0 Å². The average Bonchev–Trinajstić information content (AvgIpc) is 2.79. The van der Waals surface area contributed by atoms with E-state index in [0.717, 1.165) is 16.6 Å². The predicted octanol–water partition coefficient (Wildman–Crippen LogP) is 1.53. The molecule has 2 amide bonds. The Bertz CT molecular complexity index is 1140. The minimum absolute atomic E-state index is 0.0111. The molecule has 0 fully saturated rings. The Labute approximate surface area is 192 Å². The van der Waals surface area contributed by atoms with Gasteiger partial charge in [0.05, 0.1) is 24.0 Å². The van der Waals surface area contributed by atoms with Crippen LogP contribution in [0.3, 0.4) is 0 Å². The normalized spacial score (nSPS) is 11.9. The number of carbonyl (C=O) groups excluding carboxylic acids is 2. The first-order chi connectivity index (χ1) is 15.5. The zero-order chi connectivity index (χ0) is 24.8. The summed E-state index contributed by atoms with van der Waals surface area (Å²) in [4.78, 5) is 37.3. The number of rotatable bonds is 10. The molecule has 1 N–H and O–H groups in total. The second kappa shape index (κ2) is 10.8. The van der Waals surface area contributed by atoms with Gasteiger partial charge < -0.3 is 15.0 Å². The van der Waals surface area contributed by atoms with Crippen molar-refractivity contribution in [3.63, 3.8) is 0 Å². The number of hydrogen-bond acceptors (Lipinski definition) is 7. The molecule has 2 aromatic rings. The molecule has 0 aliphatic heterocycles. The first kappa shape index (κ1) is 25.6. The van der Waals surface area contributed by atoms with Gasteiger partial charge in [-0.2, -0.15) is 0 Å². The smallest absolute Gasteiger partial charge is 0.271 e. The van der Waals surface area contributed by atoms with Gasteiger partial charge in [0.2, 0.25) is 21.8 Å². The van der Waals surface area contributed by atoms with Crippen molar-refractivity contribution in [2.75, 3.05) is 31.3 Å². The second-order valence-corrected chi connectivity index (χ2v) is 9.12. The summed E-state index contributed by atoms with van der Waals surface area (Å²) < 4.78 is 30.9. The van der Waals surface area contributed by atoms with Crippen molar-refractivity contribution < 1.29 is 27.7 Å². The van der Waals surface area contributed by atoms with Crippen LogP contribution in [0.5, 0.6) is 5.75 Å². The summed E-state index contributed by atoms with van der Waals surface area (Å²) in [5.74, 6) is -0.541. The Balaban J connectivity index is 2.42. The van der Waals surface area contributed by atoms with Gasteiger partial charge in [-0.25, -0.2) is 8.42 Å². The van der Waals surface area contributed by atoms with E-state index in [1.54, 1.807) is 24.3 Å². The summed E-state index contributed by atoms with van der Waals surface area (Å²) in [6.45, 7) is 0.886. The summed E-state index contributed by atoms with van der Waals surface area (Å²) >= 11 is 0. The molecule has 12 heteroatoms. The topological polar surface area (TPSA) is 139 Å². The lowest BCUT2D eigenvalue weighted by Crippen LogP contribution is -2.50. The minimum atomic E-state index is -3.98. The van der Waals surface area contributed by atoms with Crippen molar-refractivity contribution in [3.8, 4) is 5.75 Å². The number of carbonyl (C=O) groups is 2. The molecule has 178 valence electrons. The van der Waals surface area contributed by atoms with E-state index in [9.17, 15) is 28.1 Å². The Hall–Kier alpha value is -3.67. The van der Waals surface area contributed by atoms with Crippen LogP contribution >= 0.6 is 0 Å². The van der Waals surface area contributed by atoms with E-state index in [1.165, 1.54) is 44.2 Å². The molecular weight excluding hydrogens is 452 g/mol. The van der Waals surface area contributed by atoms with Crippen molar-refractivity contribution in [3.05, 3.63) is 64.2 Å². The molecule has 0 saturated carbocycles. The summed E-state index contributed by atoms with van der Waals surface area (Å²) in [6, 6.07) is 11.0. The highest BCUT2D eigenvalue weighted by molar-refractivity contribution is 7.92. The average molecular weight is 479 g/mol. The number of nitro benzene ring substituents is 1. The number of sulfonamides is 1. The molecule has 0 aromatic heterocycles. The quantitative estimate of drug-likeness (QED) is 0.403. The number of nitro groups is 1. The minimum Gasteiger partial charge on any atom is -0.497 e. The zero-order valence-electron chi connectivity index (χ0n) is 18.7. The third-order valence-electron chi connectivity index (χ3n) is 4.91. The zero-order valence-corrected chi connectivity index (χ0v) is 19.5. The van der Waals surface area contributed by atoms with Gasteiger partial charge in [0.1, 0.15) is 18.3 Å². The SMILES string of the molecule is CNC(=O)[C@H](C)N(Cc1cccc(OC)c1)C(=O)CN(c1cccc([N+](=O)[O-])c1)S(C)(=O)=O. The molecule has 33 heavy (non-hydrogen) atoms. The molecular formula is C21H26N4O7S. The fraction of sp³-hybridized carbons (Fsp3) is 0.333. The Morgan fingerprint density at radius 3 is 2.42 bits per heavy atom. The van der Waals surface area contributed by atoms with Crippen LogP contribution in [0.2, 0.25) is 0 Å². The molecule has 11 nitrogen and oxygen atoms in total. The maximum atomic E-state index is 13.3. The van der Waals surface area contributed by atoms with Crippen LogP contribution in [0.15, 0.2) is 48.5 Å². The third-order valence-corrected chi connectivity index (χ3v) is 6.05. The highest BCUT2D eigenvalue weighted by atomic mass is 32.2. The Morgan fingerprint density at radius 1 is 1.18 bits per heavy atom. The number of nitrogens with zero attached hydrogens (tertiary/aromatic N) is 3. The number of non-ortho nitro benzene ring substituents is 1. The van der Waals surface area contributed by atoms with Crippen LogP contribution in [0, 0.1) is 10.1 Å². The molecule has 0 aliphatic rings. The highest BCUT2D eigenvalue weighted by Gasteiger charge is 2.30. The number of nitrogens with one attached hydrogen (secondary N) is 1. The first-order valence-corrected chi connectivity index (χ1v) is 11.7. The molecule has 2 rings (SSSR count). The molecule has 2 aromatic carbocycles. The molecule has 0 unspecified atom stereocenters. The number of hydrogen-bond donors (Lipinski definition) is 1. The Kier molecular flexibility index (Phi) is 8.35. The van der Waals surface area contributed by atoms with Gasteiger partial charge in [-0.15, -0.1) is 0 Å². The van der Waals surface area contributed by atoms with Crippen LogP contribution in [0.1, 0.15) is 12.5 Å². The Morgan fingerprint density at radius 2 is 1.85 bits per heavy atom. The summed E-state index contributed by atoms with van der Waals surface area (Å²) in [6.07, 6.45) is 0.897. The summed E-state index contributed by atoms with van der Waals surface area (Å²) in [7, 11) is -1.05. The molecule has 0 heterocycles. The van der Waals surface area contributed by atoms with E-state index >= 15 is 0 Å². The monoisotopic (exact) mass is 478 g/mol. The van der Waals surface area contributed by atoms with Crippen LogP contribution in [-0.2, 0) is 26.2 Å². The fourth-order valence-electron chi connectivity index (χ4n) is 3.13. The van der Waals surface area contributed by atoms with Gasteiger partial charge in [0.15, 0.2) is 0 Å². The van der Waals surface area contributed by atoms with E-state index in [1.807, 2.05) is 0 Å². The van der Waals surface area contributed by atoms with E-state index in [2.05, 4.69) is 5.32 Å².